The second-order valence-corrected chi connectivity index (χ2v) is 7.72. The van der Waals surface area contributed by atoms with Crippen molar-refractivity contribution in [1.82, 2.24) is 0 Å². The SMILES string of the molecule is CCC(C)c1ccc(S(=O)(=O)Nc2ccc(NC(=O)COC)cc2)cc1. The Labute approximate surface area is 154 Å². The minimum absolute atomic E-state index is 0.0407. The first-order valence-corrected chi connectivity index (χ1v) is 9.85. The van der Waals surface area contributed by atoms with Crippen LogP contribution in [0.3, 0.4) is 0 Å². The number of nitrogens with one attached hydrogen (secondary N) is 2. The van der Waals surface area contributed by atoms with Crippen LogP contribution in [0.4, 0.5) is 11.4 Å². The van der Waals surface area contributed by atoms with E-state index in [-0.39, 0.29) is 17.4 Å². The summed E-state index contributed by atoms with van der Waals surface area (Å²) in [5, 5.41) is 2.65. The highest BCUT2D eigenvalue weighted by Crippen LogP contribution is 2.22. The second-order valence-electron chi connectivity index (χ2n) is 6.04. The normalized spacial score (nSPS) is 12.4. The molecule has 1 atom stereocenters. The first kappa shape index (κ1) is 19.9. The number of sulfonamides is 1. The van der Waals surface area contributed by atoms with Crippen LogP contribution in [0, 0.1) is 0 Å². The van der Waals surface area contributed by atoms with Crippen molar-refractivity contribution in [3.63, 3.8) is 0 Å². The summed E-state index contributed by atoms with van der Waals surface area (Å²) in [5.74, 6) is 0.114. The van der Waals surface area contributed by atoms with Gasteiger partial charge in [-0.05, 0) is 54.3 Å². The molecule has 0 radical (unpaired) electrons. The molecule has 0 bridgehead atoms. The van der Waals surface area contributed by atoms with E-state index in [2.05, 4.69) is 23.9 Å². The van der Waals surface area contributed by atoms with Gasteiger partial charge in [-0.3, -0.25) is 9.52 Å². The maximum atomic E-state index is 12.5. The third-order valence-corrected chi connectivity index (χ3v) is 5.47. The highest BCUT2D eigenvalue weighted by Gasteiger charge is 2.15. The van der Waals surface area contributed by atoms with Crippen molar-refractivity contribution in [1.29, 1.82) is 0 Å². The number of carbonyl (C=O) groups is 1. The molecule has 0 heterocycles. The van der Waals surface area contributed by atoms with Crippen LogP contribution in [0.5, 0.6) is 0 Å². The molecule has 2 N–H and O–H groups in total. The maximum absolute atomic E-state index is 12.5. The van der Waals surface area contributed by atoms with E-state index in [1.165, 1.54) is 7.11 Å². The minimum atomic E-state index is -3.66. The summed E-state index contributed by atoms with van der Waals surface area (Å²) >= 11 is 0. The van der Waals surface area contributed by atoms with Gasteiger partial charge < -0.3 is 10.1 Å². The molecule has 26 heavy (non-hydrogen) atoms. The molecule has 2 rings (SSSR count). The average Bonchev–Trinajstić information content (AvgIpc) is 2.63. The van der Waals surface area contributed by atoms with Crippen molar-refractivity contribution >= 4 is 27.3 Å². The molecule has 1 unspecified atom stereocenters. The van der Waals surface area contributed by atoms with Crippen LogP contribution < -0.4 is 10.0 Å². The maximum Gasteiger partial charge on any atom is 0.261 e. The Morgan fingerprint density at radius 1 is 1.04 bits per heavy atom. The predicted molar refractivity (Wildman–Crippen MR) is 103 cm³/mol. The van der Waals surface area contributed by atoms with Crippen LogP contribution in [0.15, 0.2) is 53.4 Å². The zero-order chi connectivity index (χ0) is 19.2. The number of hydrogen-bond acceptors (Lipinski definition) is 4. The molecule has 0 aliphatic rings. The largest absolute Gasteiger partial charge is 0.375 e. The number of ether oxygens (including phenoxy) is 1. The molecule has 0 aliphatic heterocycles. The topological polar surface area (TPSA) is 84.5 Å². The smallest absolute Gasteiger partial charge is 0.261 e. The van der Waals surface area contributed by atoms with E-state index in [9.17, 15) is 13.2 Å². The molecular formula is C19H24N2O4S. The molecule has 140 valence electrons. The number of rotatable bonds is 8. The lowest BCUT2D eigenvalue weighted by Crippen LogP contribution is -2.17. The summed E-state index contributed by atoms with van der Waals surface area (Å²) in [6.45, 7) is 4.16. The van der Waals surface area contributed by atoms with E-state index >= 15 is 0 Å². The average molecular weight is 376 g/mol. The first-order chi connectivity index (χ1) is 12.4. The van der Waals surface area contributed by atoms with Crippen LogP contribution in [0.25, 0.3) is 0 Å². The van der Waals surface area contributed by atoms with E-state index in [0.29, 0.717) is 17.3 Å². The van der Waals surface area contributed by atoms with Gasteiger partial charge in [0.1, 0.15) is 6.61 Å². The molecule has 0 aliphatic carbocycles. The minimum Gasteiger partial charge on any atom is -0.375 e. The van der Waals surface area contributed by atoms with Crippen molar-refractivity contribution < 1.29 is 17.9 Å². The fraction of sp³-hybridized carbons (Fsp3) is 0.316. The molecule has 2 aromatic rings. The molecule has 0 spiro atoms. The van der Waals surface area contributed by atoms with E-state index in [0.717, 1.165) is 12.0 Å². The van der Waals surface area contributed by atoms with Crippen molar-refractivity contribution in [2.75, 3.05) is 23.8 Å². The quantitative estimate of drug-likeness (QED) is 0.737. The Bertz CT molecular complexity index is 831. The zero-order valence-corrected chi connectivity index (χ0v) is 16.0. The molecule has 0 fully saturated rings. The summed E-state index contributed by atoms with van der Waals surface area (Å²) in [6.07, 6.45) is 0.998. The van der Waals surface area contributed by atoms with Crippen LogP contribution in [-0.2, 0) is 19.6 Å². The van der Waals surface area contributed by atoms with E-state index in [1.807, 2.05) is 12.1 Å². The van der Waals surface area contributed by atoms with Gasteiger partial charge >= 0.3 is 0 Å². The summed E-state index contributed by atoms with van der Waals surface area (Å²) in [6, 6.07) is 13.3. The van der Waals surface area contributed by atoms with Gasteiger partial charge in [-0.25, -0.2) is 8.42 Å². The fourth-order valence-electron chi connectivity index (χ4n) is 2.38. The van der Waals surface area contributed by atoms with Gasteiger partial charge in [0.2, 0.25) is 5.91 Å². The highest BCUT2D eigenvalue weighted by atomic mass is 32.2. The Morgan fingerprint density at radius 2 is 1.62 bits per heavy atom. The van der Waals surface area contributed by atoms with Gasteiger partial charge in [0.05, 0.1) is 4.90 Å². The van der Waals surface area contributed by atoms with Crippen molar-refractivity contribution in [2.45, 2.75) is 31.1 Å². The number of carbonyl (C=O) groups excluding carboxylic acids is 1. The van der Waals surface area contributed by atoms with Crippen LogP contribution in [0.2, 0.25) is 0 Å². The summed E-state index contributed by atoms with van der Waals surface area (Å²) in [4.78, 5) is 11.7. The number of anilines is 2. The number of hydrogen-bond donors (Lipinski definition) is 2. The molecule has 2 aromatic carbocycles. The van der Waals surface area contributed by atoms with Crippen LogP contribution in [-0.4, -0.2) is 28.0 Å². The Hall–Kier alpha value is -2.38. The molecule has 1 amide bonds. The number of amides is 1. The van der Waals surface area contributed by atoms with Crippen molar-refractivity contribution in [3.8, 4) is 0 Å². The molecule has 6 nitrogen and oxygen atoms in total. The van der Waals surface area contributed by atoms with Crippen LogP contribution in [0.1, 0.15) is 31.7 Å². The molecule has 0 aromatic heterocycles. The Kier molecular flexibility index (Phi) is 6.76. The molecule has 0 saturated heterocycles. The Morgan fingerprint density at radius 3 is 2.15 bits per heavy atom. The third-order valence-electron chi connectivity index (χ3n) is 4.07. The lowest BCUT2D eigenvalue weighted by atomic mass is 9.99. The zero-order valence-electron chi connectivity index (χ0n) is 15.2. The van der Waals surface area contributed by atoms with Crippen molar-refractivity contribution in [3.05, 3.63) is 54.1 Å². The molecule has 7 heteroatoms. The highest BCUT2D eigenvalue weighted by molar-refractivity contribution is 7.92. The monoisotopic (exact) mass is 376 g/mol. The van der Waals surface area contributed by atoms with Crippen molar-refractivity contribution in [2.24, 2.45) is 0 Å². The third kappa shape index (κ3) is 5.31. The van der Waals surface area contributed by atoms with Gasteiger partial charge in [0, 0.05) is 18.5 Å². The molecular weight excluding hydrogens is 352 g/mol. The predicted octanol–water partition coefficient (Wildman–Crippen LogP) is 3.59. The van der Waals surface area contributed by atoms with Gasteiger partial charge in [-0.2, -0.15) is 0 Å². The lowest BCUT2D eigenvalue weighted by molar-refractivity contribution is -0.119. The fourth-order valence-corrected chi connectivity index (χ4v) is 3.43. The summed E-state index contributed by atoms with van der Waals surface area (Å²) in [7, 11) is -2.23. The van der Waals surface area contributed by atoms with Gasteiger partial charge in [-0.15, -0.1) is 0 Å². The first-order valence-electron chi connectivity index (χ1n) is 8.37. The van der Waals surface area contributed by atoms with Gasteiger partial charge in [0.25, 0.3) is 10.0 Å². The Balaban J connectivity index is 2.08. The lowest BCUT2D eigenvalue weighted by Gasteiger charge is -2.12. The number of benzene rings is 2. The summed E-state index contributed by atoms with van der Waals surface area (Å²) < 4.78 is 32.3. The second kappa shape index (κ2) is 8.82. The molecule has 0 saturated carbocycles. The van der Waals surface area contributed by atoms with E-state index < -0.39 is 10.0 Å². The summed E-state index contributed by atoms with van der Waals surface area (Å²) in [5.41, 5.74) is 2.09. The number of methoxy groups -OCH3 is 1. The van der Waals surface area contributed by atoms with E-state index in [1.54, 1.807) is 36.4 Å². The standard InChI is InChI=1S/C19H24N2O4S/c1-4-14(2)15-5-11-18(12-6-15)26(23,24)21-17-9-7-16(8-10-17)20-19(22)13-25-3/h5-12,14,21H,4,13H2,1-3H3,(H,20,22). The van der Waals surface area contributed by atoms with Gasteiger partial charge in [-0.1, -0.05) is 26.0 Å². The van der Waals surface area contributed by atoms with Crippen LogP contribution >= 0.6 is 0 Å². The van der Waals surface area contributed by atoms with E-state index in [4.69, 9.17) is 4.74 Å². The van der Waals surface area contributed by atoms with Gasteiger partial charge in [0.15, 0.2) is 0 Å².